The van der Waals surface area contributed by atoms with Gasteiger partial charge in [0, 0.05) is 36.3 Å². The molecule has 0 atom stereocenters. The van der Waals surface area contributed by atoms with Gasteiger partial charge in [-0.25, -0.2) is 0 Å². The lowest BCUT2D eigenvalue weighted by Gasteiger charge is -2.37. The van der Waals surface area contributed by atoms with Gasteiger partial charge in [-0.3, -0.25) is 9.59 Å². The minimum absolute atomic E-state index is 0.0684. The van der Waals surface area contributed by atoms with Crippen LogP contribution in [0, 0.1) is 0 Å². The lowest BCUT2D eigenvalue weighted by molar-refractivity contribution is 0.0554. The molecule has 2 amide bonds. The Hall–Kier alpha value is -1.84. The molecule has 2 saturated carbocycles. The molecule has 0 spiro atoms. The van der Waals surface area contributed by atoms with Crippen molar-refractivity contribution in [2.75, 3.05) is 7.05 Å². The number of benzene rings is 1. The van der Waals surface area contributed by atoms with Crippen LogP contribution in [-0.2, 0) is 0 Å². The van der Waals surface area contributed by atoms with Crippen molar-refractivity contribution in [2.45, 2.75) is 96.2 Å². The van der Waals surface area contributed by atoms with E-state index in [-0.39, 0.29) is 17.9 Å². The van der Waals surface area contributed by atoms with Crippen molar-refractivity contribution in [3.63, 3.8) is 0 Å². The Balaban J connectivity index is 1.69. The van der Waals surface area contributed by atoms with Crippen LogP contribution in [0.15, 0.2) is 24.3 Å². The van der Waals surface area contributed by atoms with Gasteiger partial charge in [-0.05, 0) is 63.8 Å². The summed E-state index contributed by atoms with van der Waals surface area (Å²) in [6, 6.07) is 8.22. The third-order valence-corrected chi connectivity index (χ3v) is 6.58. The second-order valence-electron chi connectivity index (χ2n) is 8.88. The van der Waals surface area contributed by atoms with Crippen LogP contribution in [0.3, 0.4) is 0 Å². The molecule has 1 aromatic carbocycles. The highest BCUT2D eigenvalue weighted by Gasteiger charge is 2.29. The molecule has 2 fully saturated rings. The molecule has 2 aliphatic rings. The van der Waals surface area contributed by atoms with E-state index in [2.05, 4.69) is 18.7 Å². The molecule has 0 saturated heterocycles. The molecule has 0 N–H and O–H groups in total. The lowest BCUT2D eigenvalue weighted by atomic mass is 9.92. The zero-order valence-corrected chi connectivity index (χ0v) is 17.8. The fourth-order valence-electron chi connectivity index (χ4n) is 4.92. The molecule has 0 aliphatic heterocycles. The Bertz CT molecular complexity index is 656. The van der Waals surface area contributed by atoms with Gasteiger partial charge in [-0.2, -0.15) is 0 Å². The minimum atomic E-state index is 0.0684. The Labute approximate surface area is 170 Å². The average Bonchev–Trinajstić information content (AvgIpc) is 2.74. The van der Waals surface area contributed by atoms with E-state index in [0.29, 0.717) is 23.2 Å². The van der Waals surface area contributed by atoms with Crippen LogP contribution >= 0.6 is 0 Å². The zero-order chi connectivity index (χ0) is 20.1. The fourth-order valence-corrected chi connectivity index (χ4v) is 4.92. The zero-order valence-electron chi connectivity index (χ0n) is 17.8. The van der Waals surface area contributed by atoms with Crippen molar-refractivity contribution >= 4 is 11.8 Å². The molecule has 0 unspecified atom stereocenters. The summed E-state index contributed by atoms with van der Waals surface area (Å²) < 4.78 is 0. The van der Waals surface area contributed by atoms with Gasteiger partial charge in [-0.1, -0.05) is 38.5 Å². The van der Waals surface area contributed by atoms with Crippen LogP contribution in [0.4, 0.5) is 0 Å². The molecule has 28 heavy (non-hydrogen) atoms. The van der Waals surface area contributed by atoms with Gasteiger partial charge in [0.05, 0.1) is 0 Å². The standard InChI is InChI=1S/C24H36N2O2/c1-18(2)26(22-12-8-5-9-13-22)24(28)20-16-14-19(15-17-20)23(27)25(3)21-10-6-4-7-11-21/h14-18,21-22H,4-13H2,1-3H3. The summed E-state index contributed by atoms with van der Waals surface area (Å²) in [7, 11) is 1.92. The number of carbonyl (C=O) groups is 2. The van der Waals surface area contributed by atoms with Gasteiger partial charge in [0.2, 0.25) is 0 Å². The molecule has 154 valence electrons. The molecule has 0 heterocycles. The first-order valence-corrected chi connectivity index (χ1v) is 11.2. The molecular formula is C24H36N2O2. The van der Waals surface area contributed by atoms with E-state index in [0.717, 1.165) is 25.7 Å². The highest BCUT2D eigenvalue weighted by Crippen LogP contribution is 2.26. The minimum Gasteiger partial charge on any atom is -0.339 e. The first kappa shape index (κ1) is 20.9. The van der Waals surface area contributed by atoms with Gasteiger partial charge >= 0.3 is 0 Å². The van der Waals surface area contributed by atoms with Crippen LogP contribution in [0.1, 0.15) is 98.8 Å². The molecule has 3 rings (SSSR count). The first-order chi connectivity index (χ1) is 13.5. The van der Waals surface area contributed by atoms with Crippen LogP contribution in [0.5, 0.6) is 0 Å². The van der Waals surface area contributed by atoms with E-state index in [4.69, 9.17) is 0 Å². The monoisotopic (exact) mass is 384 g/mol. The summed E-state index contributed by atoms with van der Waals surface area (Å²) >= 11 is 0. The third-order valence-electron chi connectivity index (χ3n) is 6.58. The van der Waals surface area contributed by atoms with Gasteiger partial charge in [0.25, 0.3) is 11.8 Å². The Morgan fingerprint density at radius 2 is 1.18 bits per heavy atom. The molecule has 1 aromatic rings. The molecule has 4 nitrogen and oxygen atoms in total. The second-order valence-corrected chi connectivity index (χ2v) is 8.88. The van der Waals surface area contributed by atoms with E-state index in [1.54, 1.807) is 0 Å². The largest absolute Gasteiger partial charge is 0.339 e. The maximum atomic E-state index is 13.2. The number of rotatable bonds is 5. The van der Waals surface area contributed by atoms with Crippen molar-refractivity contribution in [1.29, 1.82) is 0 Å². The number of carbonyl (C=O) groups excluding carboxylic acids is 2. The highest BCUT2D eigenvalue weighted by atomic mass is 16.2. The summed E-state index contributed by atoms with van der Waals surface area (Å²) in [5.74, 6) is 0.167. The average molecular weight is 385 g/mol. The van der Waals surface area contributed by atoms with Gasteiger partial charge in [0.1, 0.15) is 0 Å². The molecular weight excluding hydrogens is 348 g/mol. The van der Waals surface area contributed by atoms with Crippen molar-refractivity contribution in [2.24, 2.45) is 0 Å². The van der Waals surface area contributed by atoms with E-state index < -0.39 is 0 Å². The smallest absolute Gasteiger partial charge is 0.254 e. The summed E-state index contributed by atoms with van der Waals surface area (Å²) in [5, 5.41) is 0. The Kier molecular flexibility index (Phi) is 7.14. The maximum Gasteiger partial charge on any atom is 0.254 e. The maximum absolute atomic E-state index is 13.2. The topological polar surface area (TPSA) is 40.6 Å². The highest BCUT2D eigenvalue weighted by molar-refractivity contribution is 5.98. The molecule has 4 heteroatoms. The summed E-state index contributed by atoms with van der Waals surface area (Å²) in [6.45, 7) is 4.20. The van der Waals surface area contributed by atoms with Gasteiger partial charge < -0.3 is 9.80 Å². The molecule has 0 bridgehead atoms. The predicted molar refractivity (Wildman–Crippen MR) is 114 cm³/mol. The van der Waals surface area contributed by atoms with Crippen LogP contribution in [-0.4, -0.2) is 46.8 Å². The van der Waals surface area contributed by atoms with Gasteiger partial charge in [0.15, 0.2) is 0 Å². The number of amides is 2. The van der Waals surface area contributed by atoms with E-state index in [9.17, 15) is 9.59 Å². The first-order valence-electron chi connectivity index (χ1n) is 11.2. The number of hydrogen-bond acceptors (Lipinski definition) is 2. The molecule has 0 aromatic heterocycles. The van der Waals surface area contributed by atoms with E-state index in [1.165, 1.54) is 38.5 Å². The normalized spacial score (nSPS) is 18.9. The third kappa shape index (κ3) is 4.76. The second kappa shape index (κ2) is 9.58. The van der Waals surface area contributed by atoms with Crippen molar-refractivity contribution in [3.8, 4) is 0 Å². The van der Waals surface area contributed by atoms with Crippen LogP contribution in [0.2, 0.25) is 0 Å². The summed E-state index contributed by atoms with van der Waals surface area (Å²) in [4.78, 5) is 30.0. The van der Waals surface area contributed by atoms with Crippen molar-refractivity contribution < 1.29 is 9.59 Å². The number of hydrogen-bond donors (Lipinski definition) is 0. The van der Waals surface area contributed by atoms with Crippen molar-refractivity contribution in [3.05, 3.63) is 35.4 Å². The summed E-state index contributed by atoms with van der Waals surface area (Å²) in [5.41, 5.74) is 1.37. The number of nitrogens with zero attached hydrogens (tertiary/aromatic N) is 2. The fraction of sp³-hybridized carbons (Fsp3) is 0.667. The Morgan fingerprint density at radius 3 is 1.64 bits per heavy atom. The Morgan fingerprint density at radius 1 is 0.750 bits per heavy atom. The lowest BCUT2D eigenvalue weighted by Crippen LogP contribution is -2.45. The van der Waals surface area contributed by atoms with Gasteiger partial charge in [-0.15, -0.1) is 0 Å². The van der Waals surface area contributed by atoms with Crippen LogP contribution < -0.4 is 0 Å². The quantitative estimate of drug-likeness (QED) is 0.693. The van der Waals surface area contributed by atoms with E-state index >= 15 is 0 Å². The molecule has 2 aliphatic carbocycles. The van der Waals surface area contributed by atoms with Crippen molar-refractivity contribution in [1.82, 2.24) is 9.80 Å². The predicted octanol–water partition coefficient (Wildman–Crippen LogP) is 5.27. The van der Waals surface area contributed by atoms with E-state index in [1.807, 2.05) is 36.2 Å². The molecule has 0 radical (unpaired) electrons. The SMILES string of the molecule is CC(C)N(C(=O)c1ccc(C(=O)N(C)C2CCCCC2)cc1)C1CCCCC1. The van der Waals surface area contributed by atoms with Crippen LogP contribution in [0.25, 0.3) is 0 Å². The summed E-state index contributed by atoms with van der Waals surface area (Å²) in [6.07, 6.45) is 11.8.